The van der Waals surface area contributed by atoms with Crippen LogP contribution in [0.3, 0.4) is 0 Å². The van der Waals surface area contributed by atoms with Gasteiger partial charge in [0.15, 0.2) is 5.82 Å². The molecule has 1 fully saturated rings. The first-order valence-electron chi connectivity index (χ1n) is 12.0. The average molecular weight is 515 g/mol. The van der Waals surface area contributed by atoms with E-state index in [1.54, 1.807) is 17.9 Å². The van der Waals surface area contributed by atoms with E-state index in [9.17, 15) is 9.90 Å². The molecule has 3 aromatic rings. The molecule has 1 unspecified atom stereocenters. The maximum Gasteiger partial charge on any atom is 0.292 e. The van der Waals surface area contributed by atoms with Gasteiger partial charge in [-0.25, -0.2) is 9.67 Å². The minimum atomic E-state index is -1.09. The summed E-state index contributed by atoms with van der Waals surface area (Å²) < 4.78 is 16.8. The molecule has 10 nitrogen and oxygen atoms in total. The second-order valence-corrected chi connectivity index (χ2v) is 7.53. The predicted molar refractivity (Wildman–Crippen MR) is 143 cm³/mol. The van der Waals surface area contributed by atoms with E-state index in [-0.39, 0.29) is 25.0 Å². The van der Waals surface area contributed by atoms with Gasteiger partial charge in [0.25, 0.3) is 6.47 Å². The summed E-state index contributed by atoms with van der Waals surface area (Å²) in [4.78, 5) is 25.5. The Bertz CT molecular complexity index is 1110. The molecule has 0 bridgehead atoms. The van der Waals surface area contributed by atoms with E-state index in [4.69, 9.17) is 14.3 Å². The standard InChI is InChI=1S/C21H24N4O4.C2H4O2.C2H6.C2H4/c1-13-7-9-25(24-13)20-12-19(16-6-5-15(28-2)11-17(16)23-20)29-10-8-18(26)21(27)22-14-3-4-14;1-4-2-3;2*1-2/h5-7,9,11-12,14,18,26H,3-4,8,10H2,1-2H3,(H,22,27);2H,1H3;1-2H3;1-2H2. The van der Waals surface area contributed by atoms with Crippen LogP contribution in [0.5, 0.6) is 11.5 Å². The van der Waals surface area contributed by atoms with Crippen LogP contribution < -0.4 is 14.8 Å². The Morgan fingerprint density at radius 2 is 1.92 bits per heavy atom. The number of methoxy groups -OCH3 is 2. The highest BCUT2D eigenvalue weighted by Crippen LogP contribution is 2.30. The molecule has 2 heterocycles. The number of aliphatic hydroxyl groups is 1. The topological polar surface area (TPSA) is 125 Å². The van der Waals surface area contributed by atoms with Crippen LogP contribution in [0.2, 0.25) is 0 Å². The van der Waals surface area contributed by atoms with Crippen molar-refractivity contribution in [1.82, 2.24) is 20.1 Å². The number of fused-ring (bicyclic) bond motifs is 1. The van der Waals surface area contributed by atoms with E-state index in [1.165, 1.54) is 7.11 Å². The van der Waals surface area contributed by atoms with Gasteiger partial charge >= 0.3 is 0 Å². The summed E-state index contributed by atoms with van der Waals surface area (Å²) in [6.45, 7) is 12.5. The molecule has 37 heavy (non-hydrogen) atoms. The van der Waals surface area contributed by atoms with Crippen LogP contribution >= 0.6 is 0 Å². The number of aryl methyl sites for hydroxylation is 1. The van der Waals surface area contributed by atoms with E-state index < -0.39 is 6.10 Å². The molecule has 202 valence electrons. The van der Waals surface area contributed by atoms with E-state index in [0.29, 0.717) is 29.3 Å². The highest BCUT2D eigenvalue weighted by molar-refractivity contribution is 5.87. The Kier molecular flexibility index (Phi) is 14.0. The average Bonchev–Trinajstić information content (AvgIpc) is 3.66. The van der Waals surface area contributed by atoms with Crippen molar-refractivity contribution in [2.24, 2.45) is 0 Å². The lowest BCUT2D eigenvalue weighted by atomic mass is 10.2. The van der Waals surface area contributed by atoms with E-state index in [0.717, 1.165) is 23.9 Å². The van der Waals surface area contributed by atoms with Crippen LogP contribution in [0.15, 0.2) is 49.7 Å². The number of nitrogens with one attached hydrogen (secondary N) is 1. The monoisotopic (exact) mass is 514 g/mol. The summed E-state index contributed by atoms with van der Waals surface area (Å²) in [5.74, 6) is 1.57. The van der Waals surface area contributed by atoms with Crippen molar-refractivity contribution in [3.05, 3.63) is 55.4 Å². The molecule has 1 aliphatic carbocycles. The Balaban J connectivity index is 0.000000767. The molecule has 2 N–H and O–H groups in total. The number of benzene rings is 1. The van der Waals surface area contributed by atoms with Crippen molar-refractivity contribution in [3.63, 3.8) is 0 Å². The van der Waals surface area contributed by atoms with Crippen molar-refractivity contribution in [1.29, 1.82) is 0 Å². The van der Waals surface area contributed by atoms with Gasteiger partial charge in [-0.05, 0) is 38.0 Å². The smallest absolute Gasteiger partial charge is 0.292 e. The fraction of sp³-hybridized carbons (Fsp3) is 0.407. The number of rotatable bonds is 9. The fourth-order valence-electron chi connectivity index (χ4n) is 3.01. The molecule has 0 aliphatic heterocycles. The van der Waals surface area contributed by atoms with Gasteiger partial charge in [-0.1, -0.05) is 13.8 Å². The third-order valence-corrected chi connectivity index (χ3v) is 4.89. The number of hydrogen-bond acceptors (Lipinski definition) is 8. The molecule has 4 rings (SSSR count). The Hall–Kier alpha value is -3.92. The van der Waals surface area contributed by atoms with Gasteiger partial charge in [0.2, 0.25) is 5.91 Å². The zero-order valence-corrected chi connectivity index (χ0v) is 22.3. The second kappa shape index (κ2) is 16.7. The van der Waals surface area contributed by atoms with Gasteiger partial charge in [-0.2, -0.15) is 5.10 Å². The number of nitrogens with zero attached hydrogens (tertiary/aromatic N) is 3. The molecular formula is C27H38N4O6. The summed E-state index contributed by atoms with van der Waals surface area (Å²) in [6.07, 6.45) is 2.92. The predicted octanol–water partition coefficient (Wildman–Crippen LogP) is 3.76. The third-order valence-electron chi connectivity index (χ3n) is 4.89. The number of carbonyl (C=O) groups excluding carboxylic acids is 2. The van der Waals surface area contributed by atoms with Crippen molar-refractivity contribution in [2.75, 3.05) is 20.8 Å². The summed E-state index contributed by atoms with van der Waals surface area (Å²) in [7, 11) is 2.92. The summed E-state index contributed by atoms with van der Waals surface area (Å²) in [6, 6.07) is 9.47. The minimum Gasteiger partial charge on any atom is -0.497 e. The number of hydrogen-bond donors (Lipinski definition) is 2. The van der Waals surface area contributed by atoms with Crippen molar-refractivity contribution in [3.8, 4) is 17.3 Å². The molecule has 2 aromatic heterocycles. The van der Waals surface area contributed by atoms with Gasteiger partial charge in [0.05, 0.1) is 32.0 Å². The van der Waals surface area contributed by atoms with Gasteiger partial charge in [-0.15, -0.1) is 13.2 Å². The SMILES string of the molecule is C=C.CC.COC=O.COc1ccc2c(OCCC(O)C(=O)NC3CC3)cc(-n3ccc(C)n3)nc2c1. The maximum absolute atomic E-state index is 11.9. The molecule has 1 amide bonds. The molecule has 1 saturated carbocycles. The quantitative estimate of drug-likeness (QED) is 0.327. The fourth-order valence-corrected chi connectivity index (χ4v) is 3.01. The van der Waals surface area contributed by atoms with Crippen LogP contribution in [-0.4, -0.2) is 65.2 Å². The van der Waals surface area contributed by atoms with Crippen LogP contribution in [0.1, 0.15) is 38.8 Å². The summed E-state index contributed by atoms with van der Waals surface area (Å²) in [5, 5.41) is 18.1. The molecule has 0 spiro atoms. The van der Waals surface area contributed by atoms with Crippen LogP contribution in [-0.2, 0) is 14.3 Å². The van der Waals surface area contributed by atoms with Crippen LogP contribution in [0, 0.1) is 6.92 Å². The molecule has 0 saturated heterocycles. The Labute approximate surface area is 218 Å². The number of ether oxygens (including phenoxy) is 3. The van der Waals surface area contributed by atoms with Gasteiger partial charge in [0.1, 0.15) is 17.6 Å². The van der Waals surface area contributed by atoms with E-state index in [2.05, 4.69) is 33.3 Å². The lowest BCUT2D eigenvalue weighted by Crippen LogP contribution is -2.36. The molecular weight excluding hydrogens is 476 g/mol. The summed E-state index contributed by atoms with van der Waals surface area (Å²) >= 11 is 0. The maximum atomic E-state index is 11.9. The number of aromatic nitrogens is 3. The van der Waals surface area contributed by atoms with Crippen LogP contribution in [0.25, 0.3) is 16.7 Å². The number of amides is 1. The number of carbonyl (C=O) groups is 2. The molecule has 1 aliphatic rings. The Morgan fingerprint density at radius 1 is 1.24 bits per heavy atom. The second-order valence-electron chi connectivity index (χ2n) is 7.53. The largest absolute Gasteiger partial charge is 0.497 e. The first-order valence-corrected chi connectivity index (χ1v) is 12.0. The van der Waals surface area contributed by atoms with Gasteiger partial charge < -0.3 is 24.6 Å². The number of aliphatic hydroxyl groups excluding tert-OH is 1. The van der Waals surface area contributed by atoms with Gasteiger partial charge in [-0.3, -0.25) is 9.59 Å². The zero-order valence-electron chi connectivity index (χ0n) is 22.3. The van der Waals surface area contributed by atoms with Crippen molar-refractivity contribution in [2.45, 2.75) is 52.2 Å². The lowest BCUT2D eigenvalue weighted by molar-refractivity contribution is -0.130. The highest BCUT2D eigenvalue weighted by atomic mass is 16.5. The van der Waals surface area contributed by atoms with Crippen molar-refractivity contribution >= 4 is 23.3 Å². The minimum absolute atomic E-state index is 0.196. The van der Waals surface area contributed by atoms with E-state index in [1.807, 2.05) is 51.2 Å². The molecule has 10 heteroatoms. The van der Waals surface area contributed by atoms with E-state index >= 15 is 0 Å². The Morgan fingerprint density at radius 3 is 2.46 bits per heavy atom. The third kappa shape index (κ3) is 9.92. The first kappa shape index (κ1) is 31.1. The summed E-state index contributed by atoms with van der Waals surface area (Å²) in [5.41, 5.74) is 1.59. The van der Waals surface area contributed by atoms with Crippen LogP contribution in [0.4, 0.5) is 0 Å². The number of pyridine rings is 1. The molecule has 1 aromatic carbocycles. The highest BCUT2D eigenvalue weighted by Gasteiger charge is 2.26. The molecule has 0 radical (unpaired) electrons. The normalized spacial score (nSPS) is 12.3. The first-order chi connectivity index (χ1) is 17.9. The van der Waals surface area contributed by atoms with Gasteiger partial charge in [0, 0.05) is 36.2 Å². The van der Waals surface area contributed by atoms with Crippen molar-refractivity contribution < 1.29 is 28.9 Å². The zero-order chi connectivity index (χ0) is 27.8. The molecule has 1 atom stereocenters. The lowest BCUT2D eigenvalue weighted by Gasteiger charge is -2.14.